The first-order chi connectivity index (χ1) is 8.28. The Morgan fingerprint density at radius 1 is 1.18 bits per heavy atom. The van der Waals surface area contributed by atoms with Gasteiger partial charge in [0.25, 0.3) is 0 Å². The summed E-state index contributed by atoms with van der Waals surface area (Å²) in [6, 6.07) is 7.88. The molecule has 2 nitrogen and oxygen atoms in total. The molecule has 0 spiro atoms. The van der Waals surface area contributed by atoms with Crippen LogP contribution in [0.4, 0.5) is 0 Å². The summed E-state index contributed by atoms with van der Waals surface area (Å²) in [6.45, 7) is 0. The van der Waals surface area contributed by atoms with Crippen LogP contribution in [0, 0.1) is 11.8 Å². The van der Waals surface area contributed by atoms with E-state index in [1.807, 2.05) is 24.3 Å². The van der Waals surface area contributed by atoms with Gasteiger partial charge in [-0.25, -0.2) is 0 Å². The van der Waals surface area contributed by atoms with Gasteiger partial charge < -0.3 is 4.74 Å². The number of carbonyl (C=O) groups is 1. The molecular formula is C15H16O2. The van der Waals surface area contributed by atoms with E-state index >= 15 is 0 Å². The Morgan fingerprint density at radius 2 is 1.88 bits per heavy atom. The number of ketones is 1. The maximum absolute atomic E-state index is 12.0. The summed E-state index contributed by atoms with van der Waals surface area (Å²) >= 11 is 0. The van der Waals surface area contributed by atoms with E-state index in [-0.39, 0.29) is 0 Å². The number of Topliss-reactive ketones (excluding diaryl/α,β-unsaturated/α-hetero) is 1. The summed E-state index contributed by atoms with van der Waals surface area (Å²) in [5.74, 6) is 2.09. The number of methoxy groups -OCH3 is 1. The van der Waals surface area contributed by atoms with Gasteiger partial charge in [-0.1, -0.05) is 12.1 Å². The molecule has 1 aromatic rings. The molecule has 2 aliphatic carbocycles. The Morgan fingerprint density at radius 3 is 2.47 bits per heavy atom. The maximum atomic E-state index is 12.0. The predicted molar refractivity (Wildman–Crippen MR) is 66.8 cm³/mol. The first kappa shape index (κ1) is 10.6. The van der Waals surface area contributed by atoms with Crippen molar-refractivity contribution in [1.82, 2.24) is 0 Å². The zero-order chi connectivity index (χ0) is 11.8. The van der Waals surface area contributed by atoms with Crippen LogP contribution in [-0.2, 0) is 4.79 Å². The van der Waals surface area contributed by atoms with Crippen LogP contribution < -0.4 is 4.74 Å². The minimum Gasteiger partial charge on any atom is -0.497 e. The van der Waals surface area contributed by atoms with Crippen molar-refractivity contribution in [2.24, 2.45) is 11.8 Å². The molecule has 2 aliphatic rings. The monoisotopic (exact) mass is 228 g/mol. The summed E-state index contributed by atoms with van der Waals surface area (Å²) in [7, 11) is 1.66. The molecule has 3 rings (SSSR count). The normalized spacial score (nSPS) is 29.0. The van der Waals surface area contributed by atoms with Crippen molar-refractivity contribution < 1.29 is 9.53 Å². The highest BCUT2D eigenvalue weighted by Crippen LogP contribution is 2.46. The lowest BCUT2D eigenvalue weighted by Gasteiger charge is -2.12. The van der Waals surface area contributed by atoms with Crippen LogP contribution in [0.25, 0.3) is 6.08 Å². The molecule has 0 N–H and O–H groups in total. The third-order valence-corrected chi connectivity index (χ3v) is 3.97. The van der Waals surface area contributed by atoms with Gasteiger partial charge in [-0.15, -0.1) is 0 Å². The lowest BCUT2D eigenvalue weighted by atomic mass is 9.92. The van der Waals surface area contributed by atoms with E-state index in [4.69, 9.17) is 4.74 Å². The van der Waals surface area contributed by atoms with Gasteiger partial charge in [-0.3, -0.25) is 4.79 Å². The number of hydrogen-bond acceptors (Lipinski definition) is 2. The molecule has 0 aliphatic heterocycles. The Hall–Kier alpha value is -1.57. The van der Waals surface area contributed by atoms with Gasteiger partial charge in [-0.2, -0.15) is 0 Å². The second-order valence-corrected chi connectivity index (χ2v) is 4.94. The SMILES string of the molecule is COc1ccc(/C=C2/C(=O)C3CCC2C3)cc1. The Labute approximate surface area is 101 Å². The lowest BCUT2D eigenvalue weighted by molar-refractivity contribution is -0.118. The second kappa shape index (κ2) is 4.02. The summed E-state index contributed by atoms with van der Waals surface area (Å²) in [4.78, 5) is 12.0. The Kier molecular flexibility index (Phi) is 2.50. The van der Waals surface area contributed by atoms with Crippen LogP contribution in [0.1, 0.15) is 24.8 Å². The number of rotatable bonds is 2. The standard InChI is InChI=1S/C15H16O2/c1-17-13-6-2-10(3-7-13)8-14-11-4-5-12(9-11)15(14)16/h2-3,6-8,11-12H,4-5,9H2,1H3/b14-8+. The molecule has 2 unspecified atom stereocenters. The van der Waals surface area contributed by atoms with Crippen LogP contribution in [0.3, 0.4) is 0 Å². The van der Waals surface area contributed by atoms with Crippen molar-refractivity contribution in [3.8, 4) is 5.75 Å². The molecule has 0 amide bonds. The average Bonchev–Trinajstić information content (AvgIpc) is 2.94. The minimum absolute atomic E-state index is 0.324. The number of benzene rings is 1. The van der Waals surface area contributed by atoms with E-state index in [1.54, 1.807) is 7.11 Å². The summed E-state index contributed by atoms with van der Waals surface area (Å²) in [6.07, 6.45) is 5.44. The Bertz CT molecular complexity index is 470. The van der Waals surface area contributed by atoms with Crippen molar-refractivity contribution >= 4 is 11.9 Å². The topological polar surface area (TPSA) is 26.3 Å². The van der Waals surface area contributed by atoms with Gasteiger partial charge in [0.2, 0.25) is 0 Å². The van der Waals surface area contributed by atoms with Crippen molar-refractivity contribution in [1.29, 1.82) is 0 Å². The van der Waals surface area contributed by atoms with Crippen molar-refractivity contribution in [2.75, 3.05) is 7.11 Å². The molecule has 2 bridgehead atoms. The highest BCUT2D eigenvalue weighted by atomic mass is 16.5. The van der Waals surface area contributed by atoms with E-state index in [2.05, 4.69) is 6.08 Å². The number of hydrogen-bond donors (Lipinski definition) is 0. The molecule has 1 aromatic carbocycles. The first-order valence-corrected chi connectivity index (χ1v) is 6.18. The third kappa shape index (κ3) is 1.78. The van der Waals surface area contributed by atoms with Crippen LogP contribution in [-0.4, -0.2) is 12.9 Å². The zero-order valence-corrected chi connectivity index (χ0v) is 9.98. The molecule has 88 valence electrons. The molecule has 0 saturated heterocycles. The van der Waals surface area contributed by atoms with Gasteiger partial charge in [0.1, 0.15) is 5.75 Å². The molecule has 2 heteroatoms. The number of carbonyl (C=O) groups excluding carboxylic acids is 1. The van der Waals surface area contributed by atoms with Crippen molar-refractivity contribution in [3.05, 3.63) is 35.4 Å². The fraction of sp³-hybridized carbons (Fsp3) is 0.400. The first-order valence-electron chi connectivity index (χ1n) is 6.18. The van der Waals surface area contributed by atoms with E-state index in [1.165, 1.54) is 6.42 Å². The van der Waals surface area contributed by atoms with Gasteiger partial charge in [0.05, 0.1) is 7.11 Å². The largest absolute Gasteiger partial charge is 0.497 e. The molecule has 2 atom stereocenters. The highest BCUT2D eigenvalue weighted by Gasteiger charge is 2.42. The van der Waals surface area contributed by atoms with Crippen LogP contribution >= 0.6 is 0 Å². The van der Waals surface area contributed by atoms with E-state index in [9.17, 15) is 4.79 Å². The maximum Gasteiger partial charge on any atom is 0.162 e. The number of ether oxygens (including phenoxy) is 1. The van der Waals surface area contributed by atoms with Crippen molar-refractivity contribution in [2.45, 2.75) is 19.3 Å². The number of fused-ring (bicyclic) bond motifs is 2. The fourth-order valence-corrected chi connectivity index (χ4v) is 3.01. The van der Waals surface area contributed by atoms with Gasteiger partial charge in [-0.05, 0) is 54.5 Å². The molecular weight excluding hydrogens is 212 g/mol. The Balaban J connectivity index is 1.88. The van der Waals surface area contributed by atoms with E-state index in [0.717, 1.165) is 29.7 Å². The van der Waals surface area contributed by atoms with Crippen LogP contribution in [0.2, 0.25) is 0 Å². The molecule has 17 heavy (non-hydrogen) atoms. The highest BCUT2D eigenvalue weighted by molar-refractivity contribution is 6.04. The number of allylic oxidation sites excluding steroid dienone is 1. The molecule has 2 fully saturated rings. The molecule has 0 radical (unpaired) electrons. The second-order valence-electron chi connectivity index (χ2n) is 4.94. The zero-order valence-electron chi connectivity index (χ0n) is 9.98. The quantitative estimate of drug-likeness (QED) is 0.727. The molecule has 2 saturated carbocycles. The van der Waals surface area contributed by atoms with Crippen molar-refractivity contribution in [3.63, 3.8) is 0 Å². The summed E-state index contributed by atoms with van der Waals surface area (Å²) < 4.78 is 5.12. The van der Waals surface area contributed by atoms with Crippen LogP contribution in [0.5, 0.6) is 5.75 Å². The van der Waals surface area contributed by atoms with Gasteiger partial charge in [0, 0.05) is 5.92 Å². The fourth-order valence-electron chi connectivity index (χ4n) is 3.01. The lowest BCUT2D eigenvalue weighted by Crippen LogP contribution is -2.11. The third-order valence-electron chi connectivity index (χ3n) is 3.97. The van der Waals surface area contributed by atoms with Gasteiger partial charge >= 0.3 is 0 Å². The predicted octanol–water partition coefficient (Wildman–Crippen LogP) is 3.08. The smallest absolute Gasteiger partial charge is 0.162 e. The summed E-state index contributed by atoms with van der Waals surface area (Å²) in [5.41, 5.74) is 2.15. The van der Waals surface area contributed by atoms with E-state index < -0.39 is 0 Å². The average molecular weight is 228 g/mol. The molecule has 0 aromatic heterocycles. The van der Waals surface area contributed by atoms with Crippen LogP contribution in [0.15, 0.2) is 29.8 Å². The minimum atomic E-state index is 0.324. The summed E-state index contributed by atoms with van der Waals surface area (Å²) in [5, 5.41) is 0. The molecule has 0 heterocycles. The van der Waals surface area contributed by atoms with E-state index in [0.29, 0.717) is 17.6 Å². The van der Waals surface area contributed by atoms with Gasteiger partial charge in [0.15, 0.2) is 5.78 Å².